The number of anilines is 1. The number of ether oxygens (including phenoxy) is 4. The van der Waals surface area contributed by atoms with E-state index in [4.69, 9.17) is 18.9 Å². The number of methoxy groups -OCH3 is 4. The number of hydrogen-bond donors (Lipinski definition) is 2. The molecular weight excluding hydrogens is 478 g/mol. The summed E-state index contributed by atoms with van der Waals surface area (Å²) in [5.41, 5.74) is 8.73. The van der Waals surface area contributed by atoms with E-state index in [0.29, 0.717) is 28.7 Å². The summed E-state index contributed by atoms with van der Waals surface area (Å²) >= 11 is 1.33. The zero-order chi connectivity index (χ0) is 25.7. The topological polar surface area (TPSA) is 107 Å². The normalized spacial score (nSPS) is 11.5. The van der Waals surface area contributed by atoms with Gasteiger partial charge in [-0.1, -0.05) is 36.4 Å². The number of benzene rings is 3. The summed E-state index contributed by atoms with van der Waals surface area (Å²) in [6, 6.07) is 18.2. The molecule has 1 amide bonds. The molecule has 0 radical (unpaired) electrons. The van der Waals surface area contributed by atoms with Crippen molar-refractivity contribution in [1.82, 2.24) is 4.37 Å². The van der Waals surface area contributed by atoms with Crippen LogP contribution in [0.1, 0.15) is 11.6 Å². The van der Waals surface area contributed by atoms with Crippen molar-refractivity contribution >= 4 is 23.1 Å². The maximum absolute atomic E-state index is 13.0. The Hall–Kier alpha value is -4.08. The van der Waals surface area contributed by atoms with Crippen LogP contribution >= 0.6 is 11.5 Å². The van der Waals surface area contributed by atoms with Gasteiger partial charge < -0.3 is 30.0 Å². The minimum Gasteiger partial charge on any atom is -0.495 e. The predicted molar refractivity (Wildman–Crippen MR) is 140 cm³/mol. The van der Waals surface area contributed by atoms with Gasteiger partial charge in [-0.3, -0.25) is 4.79 Å². The van der Waals surface area contributed by atoms with E-state index in [1.807, 2.05) is 66.0 Å². The van der Waals surface area contributed by atoms with Crippen LogP contribution in [0.2, 0.25) is 0 Å². The van der Waals surface area contributed by atoms with E-state index in [1.165, 1.54) is 11.5 Å². The van der Waals surface area contributed by atoms with E-state index < -0.39 is 6.04 Å². The molecule has 0 unspecified atom stereocenters. The lowest BCUT2D eigenvalue weighted by Crippen LogP contribution is -2.58. The Morgan fingerprint density at radius 3 is 2.14 bits per heavy atom. The second-order valence-corrected chi connectivity index (χ2v) is 8.49. The molecule has 0 bridgehead atoms. The Balaban J connectivity index is 1.71. The lowest BCUT2D eigenvalue weighted by molar-refractivity contribution is -0.408. The van der Waals surface area contributed by atoms with Crippen molar-refractivity contribution in [3.8, 4) is 45.4 Å². The third-order valence-electron chi connectivity index (χ3n) is 5.79. The first kappa shape index (κ1) is 25.0. The first-order valence-corrected chi connectivity index (χ1v) is 12.0. The van der Waals surface area contributed by atoms with Gasteiger partial charge in [0, 0.05) is 22.1 Å². The smallest absolute Gasteiger partial charge is 0.287 e. The average molecular weight is 507 g/mol. The summed E-state index contributed by atoms with van der Waals surface area (Å²) in [5.74, 6) is 1.90. The van der Waals surface area contributed by atoms with Crippen molar-refractivity contribution in [2.24, 2.45) is 0 Å². The number of carbonyl (C=O) groups excluding carboxylic acids is 1. The highest BCUT2D eigenvalue weighted by atomic mass is 32.1. The van der Waals surface area contributed by atoms with Crippen LogP contribution < -0.4 is 30.0 Å². The quantitative estimate of drug-likeness (QED) is 0.348. The molecule has 4 aromatic rings. The molecule has 3 aromatic carbocycles. The van der Waals surface area contributed by atoms with Crippen LogP contribution in [-0.2, 0) is 4.79 Å². The van der Waals surface area contributed by atoms with Crippen LogP contribution in [0, 0.1) is 0 Å². The monoisotopic (exact) mass is 506 g/mol. The number of nitrogens with zero attached hydrogens (tertiary/aromatic N) is 1. The number of nitrogens with one attached hydrogen (secondary N) is 1. The second kappa shape index (κ2) is 11.1. The molecule has 9 heteroatoms. The first-order chi connectivity index (χ1) is 17.5. The largest absolute Gasteiger partial charge is 0.495 e. The maximum Gasteiger partial charge on any atom is 0.287 e. The van der Waals surface area contributed by atoms with Gasteiger partial charge in [0.05, 0.1) is 39.8 Å². The Labute approximate surface area is 213 Å². The average Bonchev–Trinajstić information content (AvgIpc) is 3.42. The lowest BCUT2D eigenvalue weighted by Gasteiger charge is -2.15. The Bertz CT molecular complexity index is 1330. The van der Waals surface area contributed by atoms with Crippen LogP contribution in [0.4, 0.5) is 5.69 Å². The number of quaternary nitrogens is 1. The van der Waals surface area contributed by atoms with Crippen molar-refractivity contribution in [1.29, 1.82) is 0 Å². The van der Waals surface area contributed by atoms with E-state index in [9.17, 15) is 4.79 Å². The predicted octanol–water partition coefficient (Wildman–Crippen LogP) is 4.43. The van der Waals surface area contributed by atoms with Crippen LogP contribution in [0.3, 0.4) is 0 Å². The van der Waals surface area contributed by atoms with Gasteiger partial charge in [-0.2, -0.15) is 4.37 Å². The molecule has 8 nitrogen and oxygen atoms in total. The molecule has 4 N–H and O–H groups in total. The molecule has 0 fully saturated rings. The molecule has 36 heavy (non-hydrogen) atoms. The molecular formula is C27H28N3O5S+. The van der Waals surface area contributed by atoms with Crippen molar-refractivity contribution < 1.29 is 29.5 Å². The third-order valence-corrected chi connectivity index (χ3v) is 6.42. The molecule has 0 aliphatic heterocycles. The Morgan fingerprint density at radius 1 is 0.861 bits per heavy atom. The molecule has 1 aromatic heterocycles. The van der Waals surface area contributed by atoms with E-state index in [1.54, 1.807) is 28.4 Å². The van der Waals surface area contributed by atoms with Gasteiger partial charge in [0.15, 0.2) is 17.5 Å². The first-order valence-electron chi connectivity index (χ1n) is 11.1. The van der Waals surface area contributed by atoms with Crippen LogP contribution in [0.25, 0.3) is 22.4 Å². The van der Waals surface area contributed by atoms with Crippen molar-refractivity contribution in [3.05, 3.63) is 71.6 Å². The van der Waals surface area contributed by atoms with Gasteiger partial charge in [-0.25, -0.2) is 0 Å². The number of amides is 1. The zero-order valence-electron chi connectivity index (χ0n) is 20.5. The number of carbonyl (C=O) groups is 1. The van der Waals surface area contributed by atoms with Crippen LogP contribution in [0.15, 0.2) is 66.0 Å². The second-order valence-electron chi connectivity index (χ2n) is 7.86. The van der Waals surface area contributed by atoms with Gasteiger partial charge >= 0.3 is 0 Å². The summed E-state index contributed by atoms with van der Waals surface area (Å²) in [4.78, 5) is 13.0. The highest BCUT2D eigenvalue weighted by Gasteiger charge is 2.22. The molecule has 1 heterocycles. The SMILES string of the molecule is COc1ccc(-c2csnc2-c2cc(OC)c(OC)c(OC)c2)cc1NC(=O)[C@H]([NH3+])c1ccccc1. The summed E-state index contributed by atoms with van der Waals surface area (Å²) in [7, 11) is 6.28. The summed E-state index contributed by atoms with van der Waals surface area (Å²) < 4.78 is 26.6. The molecule has 0 saturated heterocycles. The minimum atomic E-state index is -0.572. The van der Waals surface area contributed by atoms with Crippen molar-refractivity contribution in [2.45, 2.75) is 6.04 Å². The fraction of sp³-hybridized carbons (Fsp3) is 0.185. The van der Waals surface area contributed by atoms with Crippen molar-refractivity contribution in [2.75, 3.05) is 33.8 Å². The molecule has 0 saturated carbocycles. The fourth-order valence-corrected chi connectivity index (χ4v) is 4.61. The van der Waals surface area contributed by atoms with E-state index in [-0.39, 0.29) is 5.91 Å². The summed E-state index contributed by atoms with van der Waals surface area (Å²) in [6.45, 7) is 0. The van der Waals surface area contributed by atoms with Gasteiger partial charge in [0.1, 0.15) is 5.75 Å². The van der Waals surface area contributed by atoms with Crippen LogP contribution in [0.5, 0.6) is 23.0 Å². The van der Waals surface area contributed by atoms with Crippen LogP contribution in [-0.4, -0.2) is 38.7 Å². The highest BCUT2D eigenvalue weighted by Crippen LogP contribution is 2.44. The highest BCUT2D eigenvalue weighted by molar-refractivity contribution is 7.04. The van der Waals surface area contributed by atoms with E-state index >= 15 is 0 Å². The third kappa shape index (κ3) is 4.98. The molecule has 1 atom stereocenters. The van der Waals surface area contributed by atoms with Crippen molar-refractivity contribution in [3.63, 3.8) is 0 Å². The zero-order valence-corrected chi connectivity index (χ0v) is 21.3. The van der Waals surface area contributed by atoms with Gasteiger partial charge in [-0.05, 0) is 41.4 Å². The van der Waals surface area contributed by atoms with Gasteiger partial charge in [0.25, 0.3) is 5.91 Å². The van der Waals surface area contributed by atoms with Gasteiger partial charge in [0.2, 0.25) is 5.75 Å². The molecule has 186 valence electrons. The molecule has 0 spiro atoms. The van der Waals surface area contributed by atoms with E-state index in [0.717, 1.165) is 27.9 Å². The summed E-state index contributed by atoms with van der Waals surface area (Å²) in [6.07, 6.45) is 0. The lowest BCUT2D eigenvalue weighted by atomic mass is 10.00. The summed E-state index contributed by atoms with van der Waals surface area (Å²) in [5, 5.41) is 4.93. The standard InChI is InChI=1S/C27H27N3O5S/c1-32-21-11-10-17(12-20(21)29-27(31)24(28)16-8-6-5-7-9-16)19-15-36-30-25(19)18-13-22(33-2)26(35-4)23(14-18)34-3/h5-15,24H,28H2,1-4H3,(H,29,31)/p+1/t24-/m1/s1. The number of rotatable bonds is 9. The molecule has 0 aliphatic carbocycles. The van der Waals surface area contributed by atoms with E-state index in [2.05, 4.69) is 15.4 Å². The van der Waals surface area contributed by atoms with Gasteiger partial charge in [-0.15, -0.1) is 0 Å². The number of aromatic nitrogens is 1. The molecule has 4 rings (SSSR count). The molecule has 0 aliphatic rings. The Kier molecular flexibility index (Phi) is 7.72. The minimum absolute atomic E-state index is 0.232. The maximum atomic E-state index is 13.0. The number of hydrogen-bond acceptors (Lipinski definition) is 7. The fourth-order valence-electron chi connectivity index (χ4n) is 3.90. The Morgan fingerprint density at radius 2 is 1.53 bits per heavy atom.